The number of ether oxygens (including phenoxy) is 1. The van der Waals surface area contributed by atoms with Crippen LogP contribution in [0.5, 0.6) is 5.75 Å². The maximum absolute atomic E-state index is 14.5. The minimum absolute atomic E-state index is 0.0189. The fraction of sp³-hybridized carbons (Fsp3) is 0.733. The fourth-order valence-electron chi connectivity index (χ4n) is 13.4. The highest BCUT2D eigenvalue weighted by atomic mass is 16.6. The van der Waals surface area contributed by atoms with Gasteiger partial charge in [0.1, 0.15) is 17.5 Å². The number of nitrogens with zero attached hydrogens (tertiary/aromatic N) is 1. The van der Waals surface area contributed by atoms with Crippen LogP contribution in [0.2, 0.25) is 0 Å². The molecule has 11 nitrogen and oxygen atoms in total. The number of hydrogen-bond acceptors (Lipinski definition) is 10. The van der Waals surface area contributed by atoms with Gasteiger partial charge >= 0.3 is 0 Å². The van der Waals surface area contributed by atoms with E-state index in [1.54, 1.807) is 23.1 Å². The van der Waals surface area contributed by atoms with Crippen LogP contribution in [-0.4, -0.2) is 103 Å². The van der Waals surface area contributed by atoms with Crippen LogP contribution in [0, 0.1) is 51.8 Å². The normalized spacial score (nSPS) is 44.6. The van der Waals surface area contributed by atoms with Crippen LogP contribution in [0.15, 0.2) is 42.0 Å². The van der Waals surface area contributed by atoms with Gasteiger partial charge in [0.2, 0.25) is 5.91 Å². The van der Waals surface area contributed by atoms with Gasteiger partial charge in [-0.3, -0.25) is 9.59 Å². The maximum Gasteiger partial charge on any atom is 0.230 e. The highest BCUT2D eigenvalue weighted by molar-refractivity contribution is 5.98. The van der Waals surface area contributed by atoms with Gasteiger partial charge in [0.05, 0.1) is 35.9 Å². The van der Waals surface area contributed by atoms with Crippen LogP contribution in [0.25, 0.3) is 0 Å². The molecule has 8 rings (SSSR count). The molecule has 308 valence electrons. The first kappa shape index (κ1) is 40.2. The van der Waals surface area contributed by atoms with Gasteiger partial charge in [-0.05, 0) is 129 Å². The zero-order valence-electron chi connectivity index (χ0n) is 33.4. The van der Waals surface area contributed by atoms with Crippen molar-refractivity contribution in [2.75, 3.05) is 24.7 Å². The second kappa shape index (κ2) is 14.0. The number of phenolic OH excluding ortho intramolecular Hbond substituents is 1. The number of phenols is 1. The summed E-state index contributed by atoms with van der Waals surface area (Å²) in [5, 5.41) is 80.1. The molecule has 11 heteroatoms. The third-order valence-corrected chi connectivity index (χ3v) is 16.8. The zero-order chi connectivity index (χ0) is 40.2. The standard InChI is InChI=1S/C45H63NO10/c1-25(2)26(3)38-39(56-38)44(54)12-5-8-29-19-32-33(21-37(52)42(24-48)23-35(51)34(50)22-41(32,42)4)45(55)14-10-36(44)43(29,45)13-9-27-17-30(20-31(49)18-27)46-15-11-28(40(46)53)7-6-16-47/h5,8,17-18,20-21,25-26,28-29,32,34-36,38-39,47-51,54-55H,6-7,9-16,19,22-24H2,1-4H3/t26-,28-,29-,32+,34+,35-,36+,38+,39-,41-,42-,43-,44-,45-/m1/s1. The molecule has 2 saturated heterocycles. The van der Waals surface area contributed by atoms with Gasteiger partial charge in [-0.2, -0.15) is 0 Å². The highest BCUT2D eigenvalue weighted by Crippen LogP contribution is 2.75. The molecular weight excluding hydrogens is 714 g/mol. The van der Waals surface area contributed by atoms with Crippen LogP contribution >= 0.6 is 0 Å². The number of rotatable bonds is 11. The SMILES string of the molecule is CC(C)[C@@H](C)[C@@H]1O[C@H]1[C@@]1(O)CC=C[C@@H]2C[C@H]3C(=CC(=O)[C@]4(CO)C[C@@H](O)[C@@H](O)C[C@]34C)[C@]3(O)CC[C@H]1[C@@]23CCc1cc(O)cc(N2CC[C@@H](CCCO)C2=O)c1. The van der Waals surface area contributed by atoms with Gasteiger partial charge < -0.3 is 45.4 Å². The average molecular weight is 778 g/mol. The number of ketones is 1. The number of aromatic hydroxyl groups is 1. The Morgan fingerprint density at radius 1 is 1.02 bits per heavy atom. The van der Waals surface area contributed by atoms with E-state index < -0.39 is 58.3 Å². The molecule has 2 heterocycles. The number of carbonyl (C=O) groups excluding carboxylic acids is 2. The van der Waals surface area contributed by atoms with Crippen molar-refractivity contribution < 1.29 is 50.1 Å². The molecule has 1 aromatic rings. The third-order valence-electron chi connectivity index (χ3n) is 16.8. The molecule has 0 aromatic heterocycles. The summed E-state index contributed by atoms with van der Waals surface area (Å²) in [4.78, 5) is 29.6. The van der Waals surface area contributed by atoms with Crippen molar-refractivity contribution in [3.8, 4) is 5.75 Å². The summed E-state index contributed by atoms with van der Waals surface area (Å²) >= 11 is 0. The van der Waals surface area contributed by atoms with Gasteiger partial charge in [0.15, 0.2) is 5.78 Å². The lowest BCUT2D eigenvalue weighted by Gasteiger charge is -2.66. The van der Waals surface area contributed by atoms with Crippen molar-refractivity contribution in [2.24, 2.45) is 51.8 Å². The van der Waals surface area contributed by atoms with E-state index in [-0.39, 0.29) is 66.7 Å². The third kappa shape index (κ3) is 5.61. The molecule has 5 aliphatic carbocycles. The summed E-state index contributed by atoms with van der Waals surface area (Å²) in [5.74, 6) is -1.01. The Hall–Kier alpha value is -2.64. The molecule has 0 spiro atoms. The predicted octanol–water partition coefficient (Wildman–Crippen LogP) is 3.97. The molecular formula is C45H63NO10. The maximum atomic E-state index is 14.5. The van der Waals surface area contributed by atoms with Gasteiger partial charge in [-0.15, -0.1) is 0 Å². The van der Waals surface area contributed by atoms with Gasteiger partial charge in [0.25, 0.3) is 0 Å². The summed E-state index contributed by atoms with van der Waals surface area (Å²) in [5.41, 5.74) is -4.05. The van der Waals surface area contributed by atoms with Gasteiger partial charge in [-0.25, -0.2) is 0 Å². The number of hydrogen-bond donors (Lipinski definition) is 7. The summed E-state index contributed by atoms with van der Waals surface area (Å²) < 4.78 is 6.40. The van der Waals surface area contributed by atoms with Crippen molar-refractivity contribution >= 4 is 17.4 Å². The topological polar surface area (TPSA) is 192 Å². The van der Waals surface area contributed by atoms with Crippen molar-refractivity contribution in [3.05, 3.63) is 47.6 Å². The molecule has 7 N–H and O–H groups in total. The molecule has 56 heavy (non-hydrogen) atoms. The van der Waals surface area contributed by atoms with E-state index in [2.05, 4.69) is 26.8 Å². The molecule has 1 aromatic carbocycles. The number of fused-ring (bicyclic) bond motifs is 4. The van der Waals surface area contributed by atoms with E-state index in [0.717, 1.165) is 5.56 Å². The van der Waals surface area contributed by atoms with Crippen LogP contribution in [-0.2, 0) is 20.7 Å². The molecule has 3 saturated carbocycles. The number of benzene rings is 1. The summed E-state index contributed by atoms with van der Waals surface area (Å²) in [6, 6.07) is 5.25. The van der Waals surface area contributed by atoms with Crippen molar-refractivity contribution in [2.45, 2.75) is 134 Å². The van der Waals surface area contributed by atoms with Crippen molar-refractivity contribution in [1.82, 2.24) is 0 Å². The Labute approximate surface area is 330 Å². The number of aliphatic hydroxyl groups is 6. The van der Waals surface area contributed by atoms with E-state index in [0.29, 0.717) is 81.5 Å². The molecule has 1 amide bonds. The lowest BCUT2D eigenvalue weighted by Crippen LogP contribution is -2.69. The number of allylic oxidation sites excluding steroid dienone is 2. The Balaban J connectivity index is 1.21. The largest absolute Gasteiger partial charge is 0.508 e. The van der Waals surface area contributed by atoms with Crippen molar-refractivity contribution in [3.63, 3.8) is 0 Å². The summed E-state index contributed by atoms with van der Waals surface area (Å²) in [7, 11) is 0. The first-order valence-corrected chi connectivity index (χ1v) is 21.3. The second-order valence-corrected chi connectivity index (χ2v) is 19.5. The quantitative estimate of drug-likeness (QED) is 0.128. The highest BCUT2D eigenvalue weighted by Gasteiger charge is 2.77. The van der Waals surface area contributed by atoms with Crippen LogP contribution < -0.4 is 4.90 Å². The zero-order valence-corrected chi connectivity index (χ0v) is 33.4. The molecule has 0 unspecified atom stereocenters. The van der Waals surface area contributed by atoms with E-state index >= 15 is 0 Å². The smallest absolute Gasteiger partial charge is 0.230 e. The minimum Gasteiger partial charge on any atom is -0.508 e. The molecule has 5 fully saturated rings. The Morgan fingerprint density at radius 2 is 1.77 bits per heavy atom. The van der Waals surface area contributed by atoms with E-state index in [1.807, 2.05) is 19.1 Å². The van der Waals surface area contributed by atoms with Gasteiger partial charge in [0, 0.05) is 42.2 Å². The predicted molar refractivity (Wildman–Crippen MR) is 208 cm³/mol. The van der Waals surface area contributed by atoms with E-state index in [4.69, 9.17) is 4.74 Å². The number of anilines is 1. The van der Waals surface area contributed by atoms with E-state index in [1.165, 1.54) is 0 Å². The average Bonchev–Trinajstić information content (AvgIpc) is 3.81. The first-order valence-electron chi connectivity index (χ1n) is 21.3. The molecule has 2 aliphatic heterocycles. The lowest BCUT2D eigenvalue weighted by molar-refractivity contribution is -0.203. The Bertz CT molecular complexity index is 1790. The van der Waals surface area contributed by atoms with Crippen molar-refractivity contribution in [1.29, 1.82) is 0 Å². The van der Waals surface area contributed by atoms with Crippen LogP contribution in [0.4, 0.5) is 5.69 Å². The monoisotopic (exact) mass is 777 g/mol. The molecule has 7 aliphatic rings. The first-order chi connectivity index (χ1) is 26.5. The number of carbonyl (C=O) groups is 2. The van der Waals surface area contributed by atoms with Gasteiger partial charge in [-0.1, -0.05) is 39.8 Å². The van der Waals surface area contributed by atoms with Crippen LogP contribution in [0.3, 0.4) is 0 Å². The minimum atomic E-state index is -1.53. The molecule has 0 bridgehead atoms. The number of amides is 1. The fourth-order valence-corrected chi connectivity index (χ4v) is 13.4. The summed E-state index contributed by atoms with van der Waals surface area (Å²) in [6.45, 7) is 8.47. The number of aliphatic hydroxyl groups excluding tert-OH is 4. The number of aryl methyl sites for hydroxylation is 1. The molecule has 14 atom stereocenters. The number of epoxide rings is 1. The lowest BCUT2D eigenvalue weighted by atomic mass is 9.39. The second-order valence-electron chi connectivity index (χ2n) is 19.5. The summed E-state index contributed by atoms with van der Waals surface area (Å²) in [6.07, 6.45) is 7.35. The Kier molecular flexibility index (Phi) is 10.0. The van der Waals surface area contributed by atoms with Crippen LogP contribution in [0.1, 0.15) is 97.5 Å². The molecule has 0 radical (unpaired) electrons. The van der Waals surface area contributed by atoms with E-state index in [9.17, 15) is 45.3 Å². The Morgan fingerprint density at radius 3 is 2.48 bits per heavy atom.